The molecule has 0 aromatic heterocycles. The molecule has 2 aromatic rings. The van der Waals surface area contributed by atoms with E-state index < -0.39 is 24.5 Å². The van der Waals surface area contributed by atoms with E-state index in [1.54, 1.807) is 12.1 Å². The Morgan fingerprint density at radius 2 is 2.00 bits per heavy atom. The largest absolute Gasteiger partial charge is 0.483 e. The van der Waals surface area contributed by atoms with E-state index in [0.717, 1.165) is 12.1 Å². The van der Waals surface area contributed by atoms with Crippen LogP contribution in [-0.4, -0.2) is 18.7 Å². The summed E-state index contributed by atoms with van der Waals surface area (Å²) >= 11 is 0. The van der Waals surface area contributed by atoms with E-state index in [1.165, 1.54) is 36.4 Å². The quantitative estimate of drug-likeness (QED) is 0.636. The van der Waals surface area contributed by atoms with Crippen molar-refractivity contribution >= 4 is 17.7 Å². The molecular formula is C18H12F4N2O2. The number of hydrogen-bond acceptors (Lipinski definition) is 3. The van der Waals surface area contributed by atoms with Crippen LogP contribution in [0.2, 0.25) is 0 Å². The lowest BCUT2D eigenvalue weighted by Gasteiger charge is -2.11. The average Bonchev–Trinajstić information content (AvgIpc) is 2.58. The van der Waals surface area contributed by atoms with Crippen LogP contribution in [-0.2, 0) is 4.79 Å². The van der Waals surface area contributed by atoms with Crippen molar-refractivity contribution in [2.45, 2.75) is 6.18 Å². The molecular weight excluding hydrogens is 352 g/mol. The van der Waals surface area contributed by atoms with Crippen molar-refractivity contribution in [3.05, 3.63) is 65.5 Å². The monoisotopic (exact) mass is 364 g/mol. The Hall–Kier alpha value is -3.34. The summed E-state index contributed by atoms with van der Waals surface area (Å²) in [5.74, 6) is -1.24. The SMILES string of the molecule is N#Cc1cc(NC(=O)/C=C/c2cccc(F)c2)ccc1OCC(F)(F)F. The molecule has 26 heavy (non-hydrogen) atoms. The van der Waals surface area contributed by atoms with Gasteiger partial charge in [-0.15, -0.1) is 0 Å². The fourth-order valence-corrected chi connectivity index (χ4v) is 1.95. The van der Waals surface area contributed by atoms with E-state index in [9.17, 15) is 22.4 Å². The number of anilines is 1. The van der Waals surface area contributed by atoms with Crippen LogP contribution in [0.1, 0.15) is 11.1 Å². The minimum atomic E-state index is -4.53. The summed E-state index contributed by atoms with van der Waals surface area (Å²) in [6.07, 6.45) is -1.97. The fourth-order valence-electron chi connectivity index (χ4n) is 1.95. The third kappa shape index (κ3) is 5.94. The number of carbonyl (C=O) groups excluding carboxylic acids is 1. The van der Waals surface area contributed by atoms with Crippen molar-refractivity contribution < 1.29 is 27.1 Å². The Morgan fingerprint density at radius 1 is 1.23 bits per heavy atom. The smallest absolute Gasteiger partial charge is 0.422 e. The van der Waals surface area contributed by atoms with Crippen molar-refractivity contribution in [3.8, 4) is 11.8 Å². The lowest BCUT2D eigenvalue weighted by molar-refractivity contribution is -0.153. The van der Waals surface area contributed by atoms with E-state index in [1.807, 2.05) is 0 Å². The van der Waals surface area contributed by atoms with Crippen LogP contribution in [0, 0.1) is 17.1 Å². The highest BCUT2D eigenvalue weighted by molar-refractivity contribution is 6.02. The summed E-state index contributed by atoms with van der Waals surface area (Å²) < 4.78 is 54.2. The van der Waals surface area contributed by atoms with Crippen molar-refractivity contribution in [2.24, 2.45) is 0 Å². The lowest BCUT2D eigenvalue weighted by Crippen LogP contribution is -2.19. The van der Waals surface area contributed by atoms with Gasteiger partial charge in [-0.05, 0) is 42.0 Å². The van der Waals surface area contributed by atoms with Gasteiger partial charge in [0.1, 0.15) is 17.6 Å². The van der Waals surface area contributed by atoms with Crippen LogP contribution in [0.4, 0.5) is 23.2 Å². The second-order valence-electron chi connectivity index (χ2n) is 5.10. The topological polar surface area (TPSA) is 62.1 Å². The molecule has 0 bridgehead atoms. The molecule has 0 fully saturated rings. The first-order valence-electron chi connectivity index (χ1n) is 7.25. The molecule has 1 N–H and O–H groups in total. The number of nitrogens with zero attached hydrogens (tertiary/aromatic N) is 1. The molecule has 0 radical (unpaired) electrons. The second kappa shape index (κ2) is 8.16. The maximum atomic E-state index is 13.0. The number of ether oxygens (including phenoxy) is 1. The maximum Gasteiger partial charge on any atom is 0.422 e. The fraction of sp³-hybridized carbons (Fsp3) is 0.111. The number of hydrogen-bond donors (Lipinski definition) is 1. The number of amides is 1. The minimum Gasteiger partial charge on any atom is -0.483 e. The zero-order valence-electron chi connectivity index (χ0n) is 13.2. The zero-order chi connectivity index (χ0) is 19.2. The molecule has 0 saturated heterocycles. The Balaban J connectivity index is 2.05. The zero-order valence-corrected chi connectivity index (χ0v) is 13.2. The first-order chi connectivity index (χ1) is 12.3. The molecule has 8 heteroatoms. The summed E-state index contributed by atoms with van der Waals surface area (Å²) in [7, 11) is 0. The van der Waals surface area contributed by atoms with E-state index in [-0.39, 0.29) is 17.0 Å². The summed E-state index contributed by atoms with van der Waals surface area (Å²) in [4.78, 5) is 11.9. The van der Waals surface area contributed by atoms with Gasteiger partial charge in [0.15, 0.2) is 6.61 Å². The van der Waals surface area contributed by atoms with Crippen LogP contribution >= 0.6 is 0 Å². The molecule has 2 aromatic carbocycles. The molecule has 134 valence electrons. The highest BCUT2D eigenvalue weighted by atomic mass is 19.4. The van der Waals surface area contributed by atoms with Gasteiger partial charge in [-0.3, -0.25) is 4.79 Å². The standard InChI is InChI=1S/C18H12F4N2O2/c19-14-3-1-2-12(8-14)4-7-17(25)24-15-5-6-16(13(9-15)10-23)26-11-18(20,21)22/h1-9H,11H2,(H,24,25)/b7-4+. The number of halogens is 4. The molecule has 0 aliphatic carbocycles. The molecule has 4 nitrogen and oxygen atoms in total. The number of benzene rings is 2. The first-order valence-corrected chi connectivity index (χ1v) is 7.25. The molecule has 0 unspecified atom stereocenters. The molecule has 0 aliphatic heterocycles. The van der Waals surface area contributed by atoms with Crippen molar-refractivity contribution in [2.75, 3.05) is 11.9 Å². The average molecular weight is 364 g/mol. The van der Waals surface area contributed by atoms with Gasteiger partial charge >= 0.3 is 6.18 Å². The summed E-state index contributed by atoms with van der Waals surface area (Å²) in [6.45, 7) is -1.52. The van der Waals surface area contributed by atoms with Gasteiger partial charge in [-0.1, -0.05) is 12.1 Å². The summed E-state index contributed by atoms with van der Waals surface area (Å²) in [6, 6.07) is 11.0. The highest BCUT2D eigenvalue weighted by Gasteiger charge is 2.28. The summed E-state index contributed by atoms with van der Waals surface area (Å²) in [5, 5.41) is 11.5. The van der Waals surface area contributed by atoms with Gasteiger partial charge in [0, 0.05) is 11.8 Å². The third-order valence-corrected chi connectivity index (χ3v) is 3.03. The molecule has 2 rings (SSSR count). The predicted molar refractivity (Wildman–Crippen MR) is 86.8 cm³/mol. The Bertz CT molecular complexity index is 870. The van der Waals surface area contributed by atoms with E-state index in [0.29, 0.717) is 5.56 Å². The van der Waals surface area contributed by atoms with Gasteiger partial charge in [0.05, 0.1) is 5.56 Å². The number of rotatable bonds is 5. The van der Waals surface area contributed by atoms with Gasteiger partial charge in [0.2, 0.25) is 5.91 Å². The van der Waals surface area contributed by atoms with Crippen LogP contribution < -0.4 is 10.1 Å². The Labute approximate surface area is 146 Å². The van der Waals surface area contributed by atoms with Gasteiger partial charge in [-0.2, -0.15) is 18.4 Å². The van der Waals surface area contributed by atoms with Crippen molar-refractivity contribution in [3.63, 3.8) is 0 Å². The van der Waals surface area contributed by atoms with Crippen LogP contribution in [0.5, 0.6) is 5.75 Å². The van der Waals surface area contributed by atoms with E-state index >= 15 is 0 Å². The second-order valence-corrected chi connectivity index (χ2v) is 5.10. The minimum absolute atomic E-state index is 0.152. The van der Waals surface area contributed by atoms with Crippen molar-refractivity contribution in [1.29, 1.82) is 5.26 Å². The molecule has 0 aliphatic rings. The molecule has 0 heterocycles. The number of carbonyl (C=O) groups is 1. The van der Waals surface area contributed by atoms with Gasteiger partial charge in [-0.25, -0.2) is 4.39 Å². The Morgan fingerprint density at radius 3 is 2.65 bits per heavy atom. The van der Waals surface area contributed by atoms with E-state index in [4.69, 9.17) is 5.26 Å². The highest BCUT2D eigenvalue weighted by Crippen LogP contribution is 2.24. The van der Waals surface area contributed by atoms with Gasteiger partial charge < -0.3 is 10.1 Å². The summed E-state index contributed by atoms with van der Waals surface area (Å²) in [5.41, 5.74) is 0.532. The normalized spacial score (nSPS) is 11.2. The number of alkyl halides is 3. The molecule has 1 amide bonds. The molecule has 0 atom stereocenters. The third-order valence-electron chi connectivity index (χ3n) is 3.03. The first kappa shape index (κ1) is 19.0. The molecule has 0 saturated carbocycles. The number of nitriles is 1. The van der Waals surface area contributed by atoms with Crippen LogP contribution in [0.3, 0.4) is 0 Å². The van der Waals surface area contributed by atoms with E-state index in [2.05, 4.69) is 10.1 Å². The maximum absolute atomic E-state index is 13.0. The van der Waals surface area contributed by atoms with Crippen LogP contribution in [0.15, 0.2) is 48.5 Å². The van der Waals surface area contributed by atoms with Crippen molar-refractivity contribution in [1.82, 2.24) is 0 Å². The van der Waals surface area contributed by atoms with Crippen LogP contribution in [0.25, 0.3) is 6.08 Å². The Kier molecular flexibility index (Phi) is 5.96. The number of nitrogens with one attached hydrogen (secondary N) is 1. The lowest BCUT2D eigenvalue weighted by atomic mass is 10.2. The molecule has 0 spiro atoms. The predicted octanol–water partition coefficient (Wildman–Crippen LogP) is 4.29. The van der Waals surface area contributed by atoms with Gasteiger partial charge in [0.25, 0.3) is 0 Å².